The Labute approximate surface area is 194 Å². The molecular formula is C23H26F3N7O. The number of alkyl halides is 3. The van der Waals surface area contributed by atoms with Crippen molar-refractivity contribution in [1.29, 1.82) is 0 Å². The molecule has 8 nitrogen and oxygen atoms in total. The van der Waals surface area contributed by atoms with Gasteiger partial charge in [0.15, 0.2) is 0 Å². The van der Waals surface area contributed by atoms with Crippen molar-refractivity contribution in [1.82, 2.24) is 30.0 Å². The normalized spacial score (nSPS) is 22.4. The molecule has 180 valence electrons. The Hall–Kier alpha value is -3.21. The first-order valence-corrected chi connectivity index (χ1v) is 11.4. The molecule has 2 aliphatic heterocycles. The number of nitrogens with zero attached hydrogens (tertiary/aromatic N) is 5. The lowest BCUT2D eigenvalue weighted by atomic mass is 9.97. The van der Waals surface area contributed by atoms with Crippen LogP contribution in [0, 0.1) is 0 Å². The second-order valence-electron chi connectivity index (χ2n) is 9.10. The molecule has 3 aromatic rings. The lowest BCUT2D eigenvalue weighted by molar-refractivity contribution is -0.133. The quantitative estimate of drug-likeness (QED) is 0.583. The molecule has 0 aliphatic carbocycles. The molecule has 0 aromatic carbocycles. The molecule has 0 radical (unpaired) electrons. The standard InChI is InChI=1S/C23H26F3N7O/c1-32-13-16(11-30-32)15-6-14-7-21(29-12-20(14)28-10-15)31-22(34)33-18-2-3-19(33)9-17(8-18)27-5-4-23(24,25)26/h6-7,10-13,17-19,27H,2-5,8-9H2,1H3,(H,29,31,34). The van der Waals surface area contributed by atoms with E-state index in [9.17, 15) is 18.0 Å². The van der Waals surface area contributed by atoms with E-state index in [-0.39, 0.29) is 30.7 Å². The number of hydrogen-bond acceptors (Lipinski definition) is 5. The number of nitrogens with one attached hydrogen (secondary N) is 2. The smallest absolute Gasteiger partial charge is 0.318 e. The van der Waals surface area contributed by atoms with Crippen LogP contribution in [0.15, 0.2) is 36.9 Å². The van der Waals surface area contributed by atoms with Crippen molar-refractivity contribution in [3.05, 3.63) is 36.9 Å². The summed E-state index contributed by atoms with van der Waals surface area (Å²) in [6, 6.07) is 3.60. The SMILES string of the molecule is Cn1cc(-c2cnc3cnc(NC(=O)N4C5CCC4CC(NCCC(F)(F)F)C5)cc3c2)cn1. The largest absolute Gasteiger partial charge is 0.390 e. The third kappa shape index (κ3) is 4.84. The predicted octanol–water partition coefficient (Wildman–Crippen LogP) is 4.10. The van der Waals surface area contributed by atoms with Crippen LogP contribution in [-0.4, -0.2) is 61.5 Å². The number of anilines is 1. The minimum absolute atomic E-state index is 0.000310. The molecule has 0 saturated carbocycles. The van der Waals surface area contributed by atoms with Crippen LogP contribution in [0.5, 0.6) is 0 Å². The van der Waals surface area contributed by atoms with Gasteiger partial charge in [-0.1, -0.05) is 0 Å². The summed E-state index contributed by atoms with van der Waals surface area (Å²) in [5.74, 6) is 0.437. The summed E-state index contributed by atoms with van der Waals surface area (Å²) in [5, 5.41) is 11.0. The van der Waals surface area contributed by atoms with Gasteiger partial charge in [-0.05, 0) is 37.8 Å². The molecule has 2 aliphatic rings. The van der Waals surface area contributed by atoms with Gasteiger partial charge in [0, 0.05) is 60.6 Å². The maximum absolute atomic E-state index is 13.1. The first-order chi connectivity index (χ1) is 16.2. The first kappa shape index (κ1) is 22.6. The monoisotopic (exact) mass is 473 g/mol. The Balaban J connectivity index is 1.25. The van der Waals surface area contributed by atoms with Crippen molar-refractivity contribution in [2.75, 3.05) is 11.9 Å². The van der Waals surface area contributed by atoms with E-state index in [2.05, 4.69) is 25.7 Å². The predicted molar refractivity (Wildman–Crippen MR) is 121 cm³/mol. The summed E-state index contributed by atoms with van der Waals surface area (Å²) in [6.45, 7) is -0.0874. The lowest BCUT2D eigenvalue weighted by Crippen LogP contribution is -2.53. The highest BCUT2D eigenvalue weighted by atomic mass is 19.4. The van der Waals surface area contributed by atoms with Crippen LogP contribution in [-0.2, 0) is 7.05 Å². The fraction of sp³-hybridized carbons (Fsp3) is 0.478. The van der Waals surface area contributed by atoms with E-state index in [4.69, 9.17) is 0 Å². The number of rotatable bonds is 5. The average Bonchev–Trinajstić information content (AvgIpc) is 3.33. The van der Waals surface area contributed by atoms with Crippen molar-refractivity contribution in [2.45, 2.75) is 56.4 Å². The highest BCUT2D eigenvalue weighted by molar-refractivity contribution is 5.92. The maximum Gasteiger partial charge on any atom is 0.390 e. The number of fused-ring (bicyclic) bond motifs is 3. The average molecular weight is 474 g/mol. The second-order valence-corrected chi connectivity index (χ2v) is 9.10. The van der Waals surface area contributed by atoms with Crippen LogP contribution in [0.1, 0.15) is 32.1 Å². The van der Waals surface area contributed by atoms with Gasteiger partial charge in [-0.25, -0.2) is 9.78 Å². The summed E-state index contributed by atoms with van der Waals surface area (Å²) in [5.41, 5.74) is 2.58. The summed E-state index contributed by atoms with van der Waals surface area (Å²) in [6.07, 6.45) is 5.11. The van der Waals surface area contributed by atoms with Crippen LogP contribution in [0.3, 0.4) is 0 Å². The van der Waals surface area contributed by atoms with Crippen LogP contribution in [0.2, 0.25) is 0 Å². The number of urea groups is 1. The Morgan fingerprint density at radius 3 is 2.53 bits per heavy atom. The third-order valence-corrected chi connectivity index (χ3v) is 6.65. The van der Waals surface area contributed by atoms with Crippen LogP contribution < -0.4 is 10.6 Å². The number of amides is 2. The van der Waals surface area contributed by atoms with E-state index < -0.39 is 12.6 Å². The Bertz CT molecular complexity index is 1180. The molecule has 2 atom stereocenters. The zero-order chi connectivity index (χ0) is 23.9. The number of carbonyl (C=O) groups is 1. The lowest BCUT2D eigenvalue weighted by Gasteiger charge is -2.39. The topological polar surface area (TPSA) is 88.0 Å². The minimum atomic E-state index is -4.16. The van der Waals surface area contributed by atoms with Crippen LogP contribution in [0.4, 0.5) is 23.8 Å². The molecule has 2 amide bonds. The Morgan fingerprint density at radius 1 is 1.09 bits per heavy atom. The number of carbonyl (C=O) groups excluding carboxylic acids is 1. The summed E-state index contributed by atoms with van der Waals surface area (Å²) in [4.78, 5) is 23.7. The Kier molecular flexibility index (Phi) is 5.88. The molecular weight excluding hydrogens is 447 g/mol. The van der Waals surface area contributed by atoms with Gasteiger partial charge in [0.2, 0.25) is 0 Å². The molecule has 2 unspecified atom stereocenters. The number of pyridine rings is 2. The Morgan fingerprint density at radius 2 is 1.85 bits per heavy atom. The minimum Gasteiger partial charge on any atom is -0.318 e. The van der Waals surface area contributed by atoms with Crippen molar-refractivity contribution in [3.8, 4) is 11.1 Å². The van der Waals surface area contributed by atoms with E-state index in [0.717, 1.165) is 34.9 Å². The number of halogens is 3. The van der Waals surface area contributed by atoms with Crippen LogP contribution >= 0.6 is 0 Å². The molecule has 0 spiro atoms. The van der Waals surface area contributed by atoms with Crippen LogP contribution in [0.25, 0.3) is 22.0 Å². The molecule has 2 N–H and O–H groups in total. The molecule has 2 bridgehead atoms. The van der Waals surface area contributed by atoms with E-state index in [0.29, 0.717) is 18.7 Å². The maximum atomic E-state index is 13.1. The molecule has 5 rings (SSSR count). The third-order valence-electron chi connectivity index (χ3n) is 6.65. The highest BCUT2D eigenvalue weighted by Gasteiger charge is 2.43. The van der Waals surface area contributed by atoms with Gasteiger partial charge in [-0.15, -0.1) is 0 Å². The van der Waals surface area contributed by atoms with E-state index in [1.165, 1.54) is 0 Å². The number of aromatic nitrogens is 4. The van der Waals surface area contributed by atoms with Gasteiger partial charge in [-0.3, -0.25) is 15.0 Å². The molecule has 2 fully saturated rings. The molecule has 34 heavy (non-hydrogen) atoms. The van der Waals surface area contributed by atoms with Crippen molar-refractivity contribution in [2.24, 2.45) is 7.05 Å². The fourth-order valence-electron chi connectivity index (χ4n) is 5.10. The van der Waals surface area contributed by atoms with Gasteiger partial charge in [0.25, 0.3) is 0 Å². The molecule has 11 heteroatoms. The van der Waals surface area contributed by atoms with Gasteiger partial charge in [-0.2, -0.15) is 18.3 Å². The summed E-state index contributed by atoms with van der Waals surface area (Å²) in [7, 11) is 1.85. The van der Waals surface area contributed by atoms with Crippen molar-refractivity contribution in [3.63, 3.8) is 0 Å². The van der Waals surface area contributed by atoms with Crippen molar-refractivity contribution >= 4 is 22.8 Å². The van der Waals surface area contributed by atoms with E-state index >= 15 is 0 Å². The zero-order valence-electron chi connectivity index (χ0n) is 18.7. The van der Waals surface area contributed by atoms with Gasteiger partial charge >= 0.3 is 12.2 Å². The van der Waals surface area contributed by atoms with Gasteiger partial charge in [0.1, 0.15) is 5.82 Å². The van der Waals surface area contributed by atoms with Gasteiger partial charge in [0.05, 0.1) is 24.3 Å². The van der Waals surface area contributed by atoms with Crippen molar-refractivity contribution < 1.29 is 18.0 Å². The zero-order valence-corrected chi connectivity index (χ0v) is 18.7. The van der Waals surface area contributed by atoms with E-state index in [1.54, 1.807) is 29.3 Å². The molecule has 3 aromatic heterocycles. The molecule has 5 heterocycles. The number of hydrogen-bond donors (Lipinski definition) is 2. The first-order valence-electron chi connectivity index (χ1n) is 11.4. The van der Waals surface area contributed by atoms with Gasteiger partial charge < -0.3 is 10.2 Å². The number of piperidine rings is 1. The second kappa shape index (κ2) is 8.86. The highest BCUT2D eigenvalue weighted by Crippen LogP contribution is 2.36. The number of aryl methyl sites for hydroxylation is 1. The van der Waals surface area contributed by atoms with E-state index in [1.807, 2.05) is 24.2 Å². The fourth-order valence-corrected chi connectivity index (χ4v) is 5.10. The molecule has 2 saturated heterocycles. The summed E-state index contributed by atoms with van der Waals surface area (Å²) < 4.78 is 39.1. The summed E-state index contributed by atoms with van der Waals surface area (Å²) >= 11 is 0.